The summed E-state index contributed by atoms with van der Waals surface area (Å²) < 4.78 is 24.7. The van der Waals surface area contributed by atoms with Crippen LogP contribution in [0.4, 0.5) is 15.2 Å². The standard InChI is InChI=1S/C25H18FN3O4S/c1-14-6-7-16(10-19(14)27-24(31)17-4-2-3-5-18(17)26)23(30)29-25-28-20(12-34-25)15-8-9-21-22(11-15)33-13-32-21/h2-12H,13H2,1H3,(H,27,31)(H,28,29,30). The van der Waals surface area contributed by atoms with Crippen molar-refractivity contribution in [1.29, 1.82) is 0 Å². The van der Waals surface area contributed by atoms with Gasteiger partial charge in [-0.25, -0.2) is 9.37 Å². The molecule has 0 atom stereocenters. The van der Waals surface area contributed by atoms with E-state index in [1.807, 2.05) is 23.6 Å². The van der Waals surface area contributed by atoms with E-state index in [2.05, 4.69) is 15.6 Å². The predicted octanol–water partition coefficient (Wildman–Crippen LogP) is 5.49. The minimum atomic E-state index is -0.617. The SMILES string of the molecule is Cc1ccc(C(=O)Nc2nc(-c3ccc4c(c3)OCO4)cs2)cc1NC(=O)c1ccccc1F. The Morgan fingerprint density at radius 3 is 2.65 bits per heavy atom. The Balaban J connectivity index is 1.31. The van der Waals surface area contributed by atoms with Gasteiger partial charge < -0.3 is 14.8 Å². The maximum atomic E-state index is 13.9. The molecule has 0 aliphatic carbocycles. The van der Waals surface area contributed by atoms with Crippen molar-refractivity contribution < 1.29 is 23.5 Å². The lowest BCUT2D eigenvalue weighted by molar-refractivity contribution is 0.101. The summed E-state index contributed by atoms with van der Waals surface area (Å²) in [7, 11) is 0. The number of ether oxygens (including phenoxy) is 2. The van der Waals surface area contributed by atoms with E-state index in [0.29, 0.717) is 33.6 Å². The number of hydrogen-bond donors (Lipinski definition) is 2. The molecule has 4 aromatic rings. The Hall–Kier alpha value is -4.24. The number of halogens is 1. The highest BCUT2D eigenvalue weighted by Crippen LogP contribution is 2.36. The number of aromatic nitrogens is 1. The van der Waals surface area contributed by atoms with Gasteiger partial charge in [0.05, 0.1) is 11.3 Å². The molecular formula is C25H18FN3O4S. The van der Waals surface area contributed by atoms with Gasteiger partial charge >= 0.3 is 0 Å². The lowest BCUT2D eigenvalue weighted by atomic mass is 10.1. The second-order valence-electron chi connectivity index (χ2n) is 7.52. The van der Waals surface area contributed by atoms with E-state index >= 15 is 0 Å². The Morgan fingerprint density at radius 2 is 1.79 bits per heavy atom. The largest absolute Gasteiger partial charge is 0.454 e. The highest BCUT2D eigenvalue weighted by molar-refractivity contribution is 7.14. The molecule has 0 unspecified atom stereocenters. The first-order valence-electron chi connectivity index (χ1n) is 10.3. The molecule has 0 saturated heterocycles. The third kappa shape index (κ3) is 4.33. The van der Waals surface area contributed by atoms with Crippen LogP contribution in [0.5, 0.6) is 11.5 Å². The van der Waals surface area contributed by atoms with Crippen LogP contribution in [0.1, 0.15) is 26.3 Å². The lowest BCUT2D eigenvalue weighted by Gasteiger charge is -2.11. The number of rotatable bonds is 5. The van der Waals surface area contributed by atoms with Crippen LogP contribution < -0.4 is 20.1 Å². The minimum absolute atomic E-state index is 0.0735. The predicted molar refractivity (Wildman–Crippen MR) is 127 cm³/mol. The number of nitrogens with zero attached hydrogens (tertiary/aromatic N) is 1. The van der Waals surface area contributed by atoms with Crippen LogP contribution in [0.15, 0.2) is 66.0 Å². The Kier molecular flexibility index (Phi) is 5.69. The maximum absolute atomic E-state index is 13.9. The van der Waals surface area contributed by atoms with Crippen molar-refractivity contribution in [3.63, 3.8) is 0 Å². The third-order valence-electron chi connectivity index (χ3n) is 5.26. The molecule has 2 heterocycles. The molecule has 0 fully saturated rings. The molecule has 1 aliphatic rings. The summed E-state index contributed by atoms with van der Waals surface area (Å²) in [6.07, 6.45) is 0. The van der Waals surface area contributed by atoms with Crippen LogP contribution in [-0.4, -0.2) is 23.6 Å². The van der Waals surface area contributed by atoms with E-state index in [1.165, 1.54) is 29.5 Å². The van der Waals surface area contributed by atoms with E-state index in [0.717, 1.165) is 11.1 Å². The summed E-state index contributed by atoms with van der Waals surface area (Å²) >= 11 is 1.29. The van der Waals surface area contributed by atoms with Crippen LogP contribution >= 0.6 is 11.3 Å². The van der Waals surface area contributed by atoms with Gasteiger partial charge in [-0.2, -0.15) is 0 Å². The molecule has 1 aromatic heterocycles. The van der Waals surface area contributed by atoms with E-state index in [-0.39, 0.29) is 18.3 Å². The van der Waals surface area contributed by atoms with Crippen LogP contribution in [0, 0.1) is 12.7 Å². The third-order valence-corrected chi connectivity index (χ3v) is 6.02. The molecule has 170 valence electrons. The topological polar surface area (TPSA) is 89.6 Å². The van der Waals surface area contributed by atoms with Crippen molar-refractivity contribution in [2.75, 3.05) is 17.4 Å². The fraction of sp³-hybridized carbons (Fsp3) is 0.0800. The summed E-state index contributed by atoms with van der Waals surface area (Å²) in [5.74, 6) is -0.251. The molecule has 3 aromatic carbocycles. The van der Waals surface area contributed by atoms with Gasteiger partial charge in [-0.1, -0.05) is 18.2 Å². The van der Waals surface area contributed by atoms with Crippen LogP contribution in [0.3, 0.4) is 0 Å². The number of benzene rings is 3. The molecule has 0 radical (unpaired) electrons. The average molecular weight is 476 g/mol. The zero-order valence-corrected chi connectivity index (χ0v) is 18.7. The Bertz CT molecular complexity index is 1420. The van der Waals surface area contributed by atoms with E-state index < -0.39 is 11.7 Å². The molecule has 1 aliphatic heterocycles. The summed E-state index contributed by atoms with van der Waals surface area (Å²) in [5, 5.41) is 7.72. The van der Waals surface area contributed by atoms with Crippen molar-refractivity contribution in [2.24, 2.45) is 0 Å². The van der Waals surface area contributed by atoms with Crippen molar-refractivity contribution in [1.82, 2.24) is 4.98 Å². The summed E-state index contributed by atoms with van der Waals surface area (Å²) in [5.41, 5.74) is 2.95. The molecule has 9 heteroatoms. The summed E-state index contributed by atoms with van der Waals surface area (Å²) in [6.45, 7) is 1.98. The number of anilines is 2. The first-order valence-corrected chi connectivity index (χ1v) is 11.2. The number of amides is 2. The van der Waals surface area contributed by atoms with Gasteiger partial charge in [0.1, 0.15) is 5.82 Å². The van der Waals surface area contributed by atoms with E-state index in [9.17, 15) is 14.0 Å². The van der Waals surface area contributed by atoms with Gasteiger partial charge in [-0.3, -0.25) is 14.9 Å². The first-order chi connectivity index (χ1) is 16.5. The number of nitrogens with one attached hydrogen (secondary N) is 2. The van der Waals surface area contributed by atoms with Crippen molar-refractivity contribution in [2.45, 2.75) is 6.92 Å². The van der Waals surface area contributed by atoms with Gasteiger partial charge in [0.25, 0.3) is 11.8 Å². The number of carbonyl (C=O) groups excluding carboxylic acids is 2. The zero-order valence-electron chi connectivity index (χ0n) is 17.9. The average Bonchev–Trinajstić information content (AvgIpc) is 3.49. The summed E-state index contributed by atoms with van der Waals surface area (Å²) in [6, 6.07) is 16.2. The molecule has 34 heavy (non-hydrogen) atoms. The molecule has 0 bridgehead atoms. The van der Waals surface area contributed by atoms with Crippen molar-refractivity contribution >= 4 is 34.0 Å². The highest BCUT2D eigenvalue weighted by atomic mass is 32.1. The molecule has 7 nitrogen and oxygen atoms in total. The Morgan fingerprint density at radius 1 is 0.971 bits per heavy atom. The quantitative estimate of drug-likeness (QED) is 0.398. The van der Waals surface area contributed by atoms with Crippen LogP contribution in [0.2, 0.25) is 0 Å². The molecule has 2 N–H and O–H groups in total. The van der Waals surface area contributed by atoms with Gasteiger partial charge in [0, 0.05) is 22.2 Å². The lowest BCUT2D eigenvalue weighted by Crippen LogP contribution is -2.16. The smallest absolute Gasteiger partial charge is 0.258 e. The highest BCUT2D eigenvalue weighted by Gasteiger charge is 2.17. The Labute approximate surface area is 198 Å². The normalized spacial score (nSPS) is 11.8. The molecular weight excluding hydrogens is 457 g/mol. The fourth-order valence-electron chi connectivity index (χ4n) is 3.42. The number of carbonyl (C=O) groups is 2. The van der Waals surface area contributed by atoms with Crippen LogP contribution in [0.25, 0.3) is 11.3 Å². The molecule has 2 amide bonds. The first kappa shape index (κ1) is 21.6. The monoisotopic (exact) mass is 475 g/mol. The molecule has 0 saturated carbocycles. The van der Waals surface area contributed by atoms with Gasteiger partial charge in [-0.05, 0) is 55.0 Å². The van der Waals surface area contributed by atoms with E-state index in [4.69, 9.17) is 9.47 Å². The number of aryl methyl sites for hydroxylation is 1. The maximum Gasteiger partial charge on any atom is 0.258 e. The molecule has 0 spiro atoms. The second kappa shape index (κ2) is 8.95. The minimum Gasteiger partial charge on any atom is -0.454 e. The van der Waals surface area contributed by atoms with Gasteiger partial charge in [0.15, 0.2) is 16.6 Å². The van der Waals surface area contributed by atoms with Crippen molar-refractivity contribution in [3.8, 4) is 22.8 Å². The van der Waals surface area contributed by atoms with E-state index in [1.54, 1.807) is 31.2 Å². The second-order valence-corrected chi connectivity index (χ2v) is 8.38. The van der Waals surface area contributed by atoms with Gasteiger partial charge in [0.2, 0.25) is 6.79 Å². The number of fused-ring (bicyclic) bond motifs is 1. The zero-order chi connectivity index (χ0) is 23.7. The van der Waals surface area contributed by atoms with Crippen LogP contribution in [-0.2, 0) is 0 Å². The number of hydrogen-bond acceptors (Lipinski definition) is 6. The fourth-order valence-corrected chi connectivity index (χ4v) is 4.14. The van der Waals surface area contributed by atoms with Gasteiger partial charge in [-0.15, -0.1) is 11.3 Å². The molecule has 5 rings (SSSR count). The summed E-state index contributed by atoms with van der Waals surface area (Å²) in [4.78, 5) is 29.8. The number of thiazole rings is 1. The van der Waals surface area contributed by atoms with Crippen molar-refractivity contribution in [3.05, 3.63) is 88.6 Å².